The van der Waals surface area contributed by atoms with E-state index in [2.05, 4.69) is 5.16 Å². The van der Waals surface area contributed by atoms with Gasteiger partial charge in [0, 0.05) is 5.41 Å². The van der Waals surface area contributed by atoms with E-state index < -0.39 is 17.2 Å². The zero-order valence-electron chi connectivity index (χ0n) is 11.2. The van der Waals surface area contributed by atoms with Gasteiger partial charge in [0.05, 0.1) is 12.2 Å². The number of nitrogens with zero attached hydrogens (tertiary/aromatic N) is 1. The van der Waals surface area contributed by atoms with Gasteiger partial charge in [0.25, 0.3) is 0 Å². The molecule has 0 aliphatic heterocycles. The molecule has 0 aliphatic rings. The molecule has 0 aliphatic carbocycles. The predicted octanol–water partition coefficient (Wildman–Crippen LogP) is 3.25. The van der Waals surface area contributed by atoms with Crippen LogP contribution < -0.4 is 10.5 Å². The molecule has 0 atom stereocenters. The van der Waals surface area contributed by atoms with Crippen LogP contribution in [0.1, 0.15) is 25.8 Å². The lowest BCUT2D eigenvalue weighted by molar-refractivity contribution is -0.137. The van der Waals surface area contributed by atoms with Crippen LogP contribution in [0.15, 0.2) is 29.4 Å². The van der Waals surface area contributed by atoms with Crippen LogP contribution >= 0.6 is 0 Å². The number of oxime groups is 1. The summed E-state index contributed by atoms with van der Waals surface area (Å²) in [6.45, 7) is 3.65. The van der Waals surface area contributed by atoms with Gasteiger partial charge in [0.15, 0.2) is 0 Å². The lowest BCUT2D eigenvalue weighted by Gasteiger charge is -2.22. The summed E-state index contributed by atoms with van der Waals surface area (Å²) < 4.78 is 42.8. The number of rotatable bonds is 5. The van der Waals surface area contributed by atoms with Gasteiger partial charge in [0.1, 0.15) is 11.6 Å². The monoisotopic (exact) mass is 290 g/mol. The van der Waals surface area contributed by atoms with Gasteiger partial charge in [-0.2, -0.15) is 13.2 Å². The molecule has 0 heterocycles. The highest BCUT2D eigenvalue weighted by Crippen LogP contribution is 2.31. The van der Waals surface area contributed by atoms with E-state index in [0.29, 0.717) is 6.42 Å². The molecule has 0 saturated heterocycles. The lowest BCUT2D eigenvalue weighted by Crippen LogP contribution is -2.33. The first kappa shape index (κ1) is 16.1. The number of hydrogen-bond acceptors (Lipinski definition) is 3. The molecule has 0 bridgehead atoms. The molecule has 112 valence electrons. The van der Waals surface area contributed by atoms with Crippen molar-refractivity contribution in [3.8, 4) is 5.75 Å². The minimum atomic E-state index is -4.40. The molecule has 0 spiro atoms. The second-order valence-electron chi connectivity index (χ2n) is 4.99. The van der Waals surface area contributed by atoms with Crippen LogP contribution in [0.2, 0.25) is 0 Å². The van der Waals surface area contributed by atoms with E-state index in [1.807, 2.05) is 0 Å². The van der Waals surface area contributed by atoms with Crippen LogP contribution in [-0.4, -0.2) is 17.6 Å². The Labute approximate surface area is 115 Å². The van der Waals surface area contributed by atoms with E-state index in [1.54, 1.807) is 13.8 Å². The van der Waals surface area contributed by atoms with Crippen molar-refractivity contribution in [2.24, 2.45) is 16.3 Å². The van der Waals surface area contributed by atoms with Crippen molar-refractivity contribution in [1.82, 2.24) is 0 Å². The second-order valence-corrected chi connectivity index (χ2v) is 4.99. The molecule has 0 aromatic heterocycles. The van der Waals surface area contributed by atoms with Crippen LogP contribution in [0, 0.1) is 5.41 Å². The van der Waals surface area contributed by atoms with Crippen LogP contribution in [-0.2, 0) is 6.18 Å². The van der Waals surface area contributed by atoms with Crippen molar-refractivity contribution in [2.75, 3.05) is 6.61 Å². The Kier molecular flexibility index (Phi) is 4.86. The summed E-state index contributed by atoms with van der Waals surface area (Å²) in [5, 5.41) is 11.5. The summed E-state index contributed by atoms with van der Waals surface area (Å²) >= 11 is 0. The third-order valence-electron chi connectivity index (χ3n) is 2.96. The summed E-state index contributed by atoms with van der Waals surface area (Å²) in [5.41, 5.74) is 4.15. The lowest BCUT2D eigenvalue weighted by atomic mass is 9.88. The van der Waals surface area contributed by atoms with E-state index >= 15 is 0 Å². The van der Waals surface area contributed by atoms with Crippen molar-refractivity contribution in [1.29, 1.82) is 0 Å². The summed E-state index contributed by atoms with van der Waals surface area (Å²) in [7, 11) is 0. The van der Waals surface area contributed by atoms with E-state index in [1.165, 1.54) is 12.1 Å². The van der Waals surface area contributed by atoms with Gasteiger partial charge in [-0.15, -0.1) is 0 Å². The highest BCUT2D eigenvalue weighted by atomic mass is 19.4. The van der Waals surface area contributed by atoms with E-state index in [-0.39, 0.29) is 18.2 Å². The minimum absolute atomic E-state index is 0.0464. The fourth-order valence-electron chi connectivity index (χ4n) is 1.45. The molecule has 7 heteroatoms. The first-order valence-electron chi connectivity index (χ1n) is 5.95. The third-order valence-corrected chi connectivity index (χ3v) is 2.96. The van der Waals surface area contributed by atoms with Gasteiger partial charge in [-0.3, -0.25) is 0 Å². The molecule has 0 unspecified atom stereocenters. The third kappa shape index (κ3) is 4.32. The van der Waals surface area contributed by atoms with Crippen molar-refractivity contribution in [3.63, 3.8) is 0 Å². The summed E-state index contributed by atoms with van der Waals surface area (Å²) in [5.74, 6) is 0.181. The van der Waals surface area contributed by atoms with Gasteiger partial charge < -0.3 is 15.7 Å². The fraction of sp³-hybridized carbons (Fsp3) is 0.462. The molecule has 0 radical (unpaired) electrons. The van der Waals surface area contributed by atoms with Crippen LogP contribution in [0.5, 0.6) is 5.75 Å². The molecule has 0 amide bonds. The topological polar surface area (TPSA) is 67.8 Å². The van der Waals surface area contributed by atoms with Crippen LogP contribution in [0.3, 0.4) is 0 Å². The quantitative estimate of drug-likeness (QED) is 0.378. The van der Waals surface area contributed by atoms with Gasteiger partial charge >= 0.3 is 6.18 Å². The Morgan fingerprint density at radius 2 is 2.00 bits per heavy atom. The largest absolute Gasteiger partial charge is 0.494 e. The molecular weight excluding hydrogens is 273 g/mol. The minimum Gasteiger partial charge on any atom is -0.494 e. The average Bonchev–Trinajstić information content (AvgIpc) is 2.37. The molecule has 20 heavy (non-hydrogen) atoms. The normalized spacial score (nSPS) is 13.3. The van der Waals surface area contributed by atoms with E-state index in [9.17, 15) is 13.2 Å². The summed E-state index contributed by atoms with van der Waals surface area (Å²) in [6.07, 6.45) is -3.99. The number of amidine groups is 1. The second kappa shape index (κ2) is 6.02. The number of nitrogens with two attached hydrogens (primary N) is 1. The SMILES string of the molecule is CC(C)(CCOc1cccc(C(F)(F)F)c1)C(N)=NO. The predicted molar refractivity (Wildman–Crippen MR) is 68.7 cm³/mol. The van der Waals surface area contributed by atoms with Crippen LogP contribution in [0.4, 0.5) is 13.2 Å². The average molecular weight is 290 g/mol. The Balaban J connectivity index is 2.64. The number of hydrogen-bond donors (Lipinski definition) is 2. The molecular formula is C13H17F3N2O2. The zero-order chi connectivity index (χ0) is 15.4. The Morgan fingerprint density at radius 3 is 2.55 bits per heavy atom. The van der Waals surface area contributed by atoms with Crippen molar-refractivity contribution >= 4 is 5.84 Å². The Hall–Kier alpha value is -1.92. The maximum absolute atomic E-state index is 12.5. The molecule has 1 aromatic carbocycles. The molecule has 1 rings (SSSR count). The van der Waals surface area contributed by atoms with E-state index in [0.717, 1.165) is 12.1 Å². The van der Waals surface area contributed by atoms with E-state index in [4.69, 9.17) is 15.7 Å². The maximum Gasteiger partial charge on any atom is 0.416 e. The highest BCUT2D eigenvalue weighted by molar-refractivity contribution is 5.85. The zero-order valence-corrected chi connectivity index (χ0v) is 11.2. The van der Waals surface area contributed by atoms with Gasteiger partial charge in [0.2, 0.25) is 0 Å². The Morgan fingerprint density at radius 1 is 1.35 bits per heavy atom. The molecule has 1 aromatic rings. The Bertz CT molecular complexity index is 485. The highest BCUT2D eigenvalue weighted by Gasteiger charge is 2.30. The van der Waals surface area contributed by atoms with Crippen LogP contribution in [0.25, 0.3) is 0 Å². The number of alkyl halides is 3. The number of ether oxygens (including phenoxy) is 1. The first-order valence-corrected chi connectivity index (χ1v) is 5.95. The smallest absolute Gasteiger partial charge is 0.416 e. The molecule has 0 fully saturated rings. The van der Waals surface area contributed by atoms with Gasteiger partial charge in [-0.25, -0.2) is 0 Å². The maximum atomic E-state index is 12.5. The fourth-order valence-corrected chi connectivity index (χ4v) is 1.45. The van der Waals surface area contributed by atoms with Crippen molar-refractivity contribution in [2.45, 2.75) is 26.4 Å². The van der Waals surface area contributed by atoms with Gasteiger partial charge in [-0.05, 0) is 24.6 Å². The van der Waals surface area contributed by atoms with Crippen molar-refractivity contribution < 1.29 is 23.1 Å². The molecule has 0 saturated carbocycles. The first-order chi connectivity index (χ1) is 9.16. The molecule has 3 N–H and O–H groups in total. The summed E-state index contributed by atoms with van der Waals surface area (Å²) in [6, 6.07) is 4.66. The van der Waals surface area contributed by atoms with Gasteiger partial charge in [-0.1, -0.05) is 25.1 Å². The number of benzene rings is 1. The standard InChI is InChI=1S/C13H17F3N2O2/c1-12(2,11(17)18-19)6-7-20-10-5-3-4-9(8-10)13(14,15)16/h3-5,8,19H,6-7H2,1-2H3,(H2,17,18). The number of halogens is 3. The molecule has 4 nitrogen and oxygen atoms in total. The van der Waals surface area contributed by atoms with Crippen molar-refractivity contribution in [3.05, 3.63) is 29.8 Å². The summed E-state index contributed by atoms with van der Waals surface area (Å²) in [4.78, 5) is 0.